The summed E-state index contributed by atoms with van der Waals surface area (Å²) < 4.78 is 41.1. The largest absolute Gasteiger partial charge is 0.494 e. The fraction of sp³-hybridized carbons (Fsp3) is 0.419. The summed E-state index contributed by atoms with van der Waals surface area (Å²) >= 11 is 0. The van der Waals surface area contributed by atoms with Gasteiger partial charge < -0.3 is 9.47 Å². The molecular formula is C31H35F2N5O4. The van der Waals surface area contributed by atoms with Crippen LogP contribution < -0.4 is 19.9 Å². The minimum Gasteiger partial charge on any atom is -0.494 e. The van der Waals surface area contributed by atoms with E-state index in [1.54, 1.807) is 19.0 Å². The molecule has 1 atom stereocenters. The van der Waals surface area contributed by atoms with E-state index in [-0.39, 0.29) is 47.8 Å². The number of methoxy groups -OCH3 is 1. The minimum atomic E-state index is -1.12. The van der Waals surface area contributed by atoms with Crippen molar-refractivity contribution in [3.8, 4) is 11.5 Å². The Bertz CT molecular complexity index is 1570. The van der Waals surface area contributed by atoms with Gasteiger partial charge in [0.2, 0.25) is 17.6 Å². The third-order valence-electron chi connectivity index (χ3n) is 7.72. The summed E-state index contributed by atoms with van der Waals surface area (Å²) in [5.74, 6) is -2.44. The molecule has 2 aromatic carbocycles. The van der Waals surface area contributed by atoms with Crippen LogP contribution in [0.2, 0.25) is 0 Å². The maximum absolute atomic E-state index is 15.0. The second-order valence-corrected chi connectivity index (χ2v) is 11.3. The van der Waals surface area contributed by atoms with Crippen molar-refractivity contribution in [2.75, 3.05) is 31.8 Å². The SMILES string of the molecule is CCc1ccc2c(N3CC(C)(C)C(=O)N3CCCOc3ccc(C4=NNC(=O)CC4C)c(F)c3F)ccc(OC)c2n1. The molecule has 1 N–H and O–H groups in total. The average molecular weight is 580 g/mol. The third kappa shape index (κ3) is 5.35. The van der Waals surface area contributed by atoms with Crippen LogP contribution in [0.3, 0.4) is 0 Å². The van der Waals surface area contributed by atoms with Crippen molar-refractivity contribution in [3.63, 3.8) is 0 Å². The first kappa shape index (κ1) is 29.2. The molecule has 222 valence electrons. The number of hydrazone groups is 1. The molecule has 0 spiro atoms. The van der Waals surface area contributed by atoms with Crippen molar-refractivity contribution >= 4 is 34.1 Å². The van der Waals surface area contributed by atoms with Gasteiger partial charge in [0.25, 0.3) is 0 Å². The number of rotatable bonds is 9. The highest BCUT2D eigenvalue weighted by atomic mass is 19.2. The number of nitrogens with zero attached hydrogens (tertiary/aromatic N) is 4. The highest BCUT2D eigenvalue weighted by Gasteiger charge is 2.44. The van der Waals surface area contributed by atoms with Crippen LogP contribution in [0.5, 0.6) is 11.5 Å². The van der Waals surface area contributed by atoms with E-state index in [1.165, 1.54) is 12.1 Å². The van der Waals surface area contributed by atoms with E-state index < -0.39 is 17.0 Å². The predicted octanol–water partition coefficient (Wildman–Crippen LogP) is 5.00. The third-order valence-corrected chi connectivity index (χ3v) is 7.72. The Morgan fingerprint density at radius 2 is 1.83 bits per heavy atom. The van der Waals surface area contributed by atoms with E-state index in [0.717, 1.165) is 28.7 Å². The van der Waals surface area contributed by atoms with Gasteiger partial charge in [0, 0.05) is 41.9 Å². The number of carbonyl (C=O) groups is 2. The van der Waals surface area contributed by atoms with Gasteiger partial charge in [-0.1, -0.05) is 13.8 Å². The van der Waals surface area contributed by atoms with Gasteiger partial charge in [-0.15, -0.1) is 0 Å². The Hall–Kier alpha value is -4.28. The molecule has 1 unspecified atom stereocenters. The summed E-state index contributed by atoms with van der Waals surface area (Å²) in [6, 6.07) is 10.5. The van der Waals surface area contributed by atoms with Gasteiger partial charge in [-0.3, -0.25) is 19.6 Å². The van der Waals surface area contributed by atoms with Crippen molar-refractivity contribution in [1.82, 2.24) is 15.4 Å². The van der Waals surface area contributed by atoms with Gasteiger partial charge in [0.1, 0.15) is 11.3 Å². The first-order chi connectivity index (χ1) is 20.1. The van der Waals surface area contributed by atoms with E-state index in [4.69, 9.17) is 14.5 Å². The van der Waals surface area contributed by atoms with Crippen LogP contribution in [0, 0.1) is 23.0 Å². The molecule has 42 heavy (non-hydrogen) atoms. The molecule has 0 aliphatic carbocycles. The number of pyridine rings is 1. The molecule has 2 amide bonds. The highest BCUT2D eigenvalue weighted by Crippen LogP contribution is 2.39. The van der Waals surface area contributed by atoms with E-state index >= 15 is 0 Å². The standard InChI is InChI=1S/C31H35F2N5O4/c1-6-19-8-9-20-22(11-13-24(41-5)29(20)34-19)38-17-31(3,4)30(40)37(38)14-7-15-42-23-12-10-21(26(32)27(23)33)28-18(2)16-25(39)35-36-28/h8-13,18H,6-7,14-17H2,1-5H3,(H,35,39). The number of aryl methyl sites for hydroxylation is 1. The summed E-state index contributed by atoms with van der Waals surface area (Å²) in [5, 5.41) is 8.43. The van der Waals surface area contributed by atoms with E-state index in [1.807, 2.05) is 50.0 Å². The van der Waals surface area contributed by atoms with Crippen LogP contribution in [0.4, 0.5) is 14.5 Å². The molecule has 1 aromatic heterocycles. The lowest BCUT2D eigenvalue weighted by atomic mass is 9.93. The summed E-state index contributed by atoms with van der Waals surface area (Å²) in [6.07, 6.45) is 1.30. The first-order valence-corrected chi connectivity index (χ1v) is 14.1. The number of benzene rings is 2. The number of ether oxygens (including phenoxy) is 2. The molecule has 0 radical (unpaired) electrons. The molecule has 1 saturated heterocycles. The summed E-state index contributed by atoms with van der Waals surface area (Å²) in [5.41, 5.74) is 4.45. The number of fused-ring (bicyclic) bond motifs is 1. The maximum Gasteiger partial charge on any atom is 0.248 e. The number of nitrogens with one attached hydrogen (secondary N) is 1. The molecule has 0 bridgehead atoms. The summed E-state index contributed by atoms with van der Waals surface area (Å²) in [6.45, 7) is 8.42. The summed E-state index contributed by atoms with van der Waals surface area (Å²) in [7, 11) is 1.61. The van der Waals surface area contributed by atoms with Gasteiger partial charge >= 0.3 is 0 Å². The van der Waals surface area contributed by atoms with Crippen molar-refractivity contribution in [2.45, 2.75) is 47.0 Å². The Kier molecular flexibility index (Phi) is 8.03. The molecule has 5 rings (SSSR count). The smallest absolute Gasteiger partial charge is 0.248 e. The quantitative estimate of drug-likeness (QED) is 0.359. The van der Waals surface area contributed by atoms with Gasteiger partial charge in [0.05, 0.1) is 37.1 Å². The number of carbonyl (C=O) groups excluding carboxylic acids is 2. The van der Waals surface area contributed by atoms with Crippen molar-refractivity contribution in [1.29, 1.82) is 0 Å². The number of hydrogen-bond acceptors (Lipinski definition) is 7. The van der Waals surface area contributed by atoms with Crippen molar-refractivity contribution in [2.24, 2.45) is 16.4 Å². The normalized spacial score (nSPS) is 18.4. The van der Waals surface area contributed by atoms with E-state index in [0.29, 0.717) is 25.3 Å². The lowest BCUT2D eigenvalue weighted by molar-refractivity contribution is -0.134. The molecular weight excluding hydrogens is 544 g/mol. The Morgan fingerprint density at radius 3 is 2.55 bits per heavy atom. The van der Waals surface area contributed by atoms with Crippen molar-refractivity contribution < 1.29 is 27.8 Å². The lowest BCUT2D eigenvalue weighted by Crippen LogP contribution is -2.40. The van der Waals surface area contributed by atoms with Gasteiger partial charge in [-0.05, 0) is 56.7 Å². The average Bonchev–Trinajstić information content (AvgIpc) is 3.20. The second-order valence-electron chi connectivity index (χ2n) is 11.3. The lowest BCUT2D eigenvalue weighted by Gasteiger charge is -2.31. The molecule has 3 aromatic rings. The number of anilines is 1. The molecule has 2 aliphatic rings. The number of halogens is 2. The molecule has 2 aliphatic heterocycles. The zero-order valence-electron chi connectivity index (χ0n) is 24.5. The molecule has 3 heterocycles. The van der Waals surface area contributed by atoms with Gasteiger partial charge in [-0.2, -0.15) is 9.49 Å². The minimum absolute atomic E-state index is 0.0137. The number of hydrazine groups is 1. The second kappa shape index (κ2) is 11.5. The molecule has 11 heteroatoms. The first-order valence-electron chi connectivity index (χ1n) is 14.1. The van der Waals surface area contributed by atoms with Crippen LogP contribution in [0.1, 0.15) is 51.8 Å². The number of hydrogen-bond donors (Lipinski definition) is 1. The molecule has 1 fully saturated rings. The summed E-state index contributed by atoms with van der Waals surface area (Å²) in [4.78, 5) is 29.7. The maximum atomic E-state index is 15.0. The Labute approximate surface area is 243 Å². The van der Waals surface area contributed by atoms with Gasteiger partial charge in [0.15, 0.2) is 11.6 Å². The van der Waals surface area contributed by atoms with E-state index in [9.17, 15) is 18.4 Å². The number of amides is 2. The molecule has 0 saturated carbocycles. The van der Waals surface area contributed by atoms with Gasteiger partial charge in [-0.25, -0.2) is 14.8 Å². The highest BCUT2D eigenvalue weighted by molar-refractivity contribution is 6.06. The predicted molar refractivity (Wildman–Crippen MR) is 155 cm³/mol. The van der Waals surface area contributed by atoms with Crippen LogP contribution in [-0.4, -0.2) is 54.3 Å². The zero-order valence-corrected chi connectivity index (χ0v) is 24.5. The molecule has 9 nitrogen and oxygen atoms in total. The monoisotopic (exact) mass is 579 g/mol. The Morgan fingerprint density at radius 1 is 1.07 bits per heavy atom. The van der Waals surface area contributed by atoms with Crippen molar-refractivity contribution in [3.05, 3.63) is 59.3 Å². The van der Waals surface area contributed by atoms with E-state index in [2.05, 4.69) is 10.5 Å². The fourth-order valence-electron chi connectivity index (χ4n) is 5.44. The topological polar surface area (TPSA) is 96.4 Å². The van der Waals surface area contributed by atoms with Crippen LogP contribution in [-0.2, 0) is 16.0 Å². The Balaban J connectivity index is 1.32. The van der Waals surface area contributed by atoms with Crippen LogP contribution >= 0.6 is 0 Å². The zero-order chi connectivity index (χ0) is 30.2. The number of aromatic nitrogens is 1. The van der Waals surface area contributed by atoms with Crippen LogP contribution in [0.15, 0.2) is 41.5 Å². The fourth-order valence-corrected chi connectivity index (χ4v) is 5.44. The van der Waals surface area contributed by atoms with Crippen LogP contribution in [0.25, 0.3) is 10.9 Å².